The standard InChI is InChI=1S/C14H18BrNO/c1-14(2)7-8-16(10-14)13(17)12-5-3-11(9-15)4-6-12/h3-6H,7-10H2,1-2H3. The summed E-state index contributed by atoms with van der Waals surface area (Å²) in [7, 11) is 0. The van der Waals surface area contributed by atoms with Crippen molar-refractivity contribution in [2.45, 2.75) is 25.6 Å². The molecule has 0 aromatic heterocycles. The molecule has 0 aliphatic carbocycles. The van der Waals surface area contributed by atoms with Crippen LogP contribution in [0, 0.1) is 5.41 Å². The second-order valence-corrected chi connectivity index (χ2v) is 6.03. The normalized spacial score (nSPS) is 18.4. The van der Waals surface area contributed by atoms with E-state index in [1.165, 1.54) is 5.56 Å². The Labute approximate surface area is 111 Å². The van der Waals surface area contributed by atoms with Crippen molar-refractivity contribution in [2.75, 3.05) is 13.1 Å². The smallest absolute Gasteiger partial charge is 0.253 e. The Bertz CT molecular complexity index is 411. The topological polar surface area (TPSA) is 20.3 Å². The van der Waals surface area contributed by atoms with Crippen LogP contribution in [0.25, 0.3) is 0 Å². The Kier molecular flexibility index (Phi) is 3.57. The van der Waals surface area contributed by atoms with Gasteiger partial charge in [0.1, 0.15) is 0 Å². The van der Waals surface area contributed by atoms with Gasteiger partial charge in [-0.3, -0.25) is 4.79 Å². The van der Waals surface area contributed by atoms with Gasteiger partial charge in [0.25, 0.3) is 5.91 Å². The van der Waals surface area contributed by atoms with Crippen LogP contribution < -0.4 is 0 Å². The third-order valence-corrected chi connectivity index (χ3v) is 3.97. The maximum Gasteiger partial charge on any atom is 0.253 e. The number of alkyl halides is 1. The highest BCUT2D eigenvalue weighted by Crippen LogP contribution is 2.29. The van der Waals surface area contributed by atoms with Crippen molar-refractivity contribution in [3.8, 4) is 0 Å². The lowest BCUT2D eigenvalue weighted by molar-refractivity contribution is 0.0778. The average Bonchev–Trinajstić information content (AvgIpc) is 2.69. The van der Waals surface area contributed by atoms with Gasteiger partial charge in [-0.1, -0.05) is 41.9 Å². The molecule has 0 bridgehead atoms. The second-order valence-electron chi connectivity index (χ2n) is 5.47. The molecule has 17 heavy (non-hydrogen) atoms. The Morgan fingerprint density at radius 2 is 2.00 bits per heavy atom. The van der Waals surface area contributed by atoms with Gasteiger partial charge in [0, 0.05) is 24.0 Å². The first-order valence-electron chi connectivity index (χ1n) is 5.96. The molecule has 0 unspecified atom stereocenters. The Morgan fingerprint density at radius 1 is 1.35 bits per heavy atom. The van der Waals surface area contributed by atoms with Crippen LogP contribution >= 0.6 is 15.9 Å². The molecule has 0 spiro atoms. The summed E-state index contributed by atoms with van der Waals surface area (Å²) in [5.41, 5.74) is 2.27. The number of carbonyl (C=O) groups is 1. The molecule has 92 valence electrons. The molecule has 0 saturated carbocycles. The van der Waals surface area contributed by atoms with E-state index >= 15 is 0 Å². The highest BCUT2D eigenvalue weighted by atomic mass is 79.9. The summed E-state index contributed by atoms with van der Waals surface area (Å²) in [6.45, 7) is 6.18. The summed E-state index contributed by atoms with van der Waals surface area (Å²) in [5, 5.41) is 0.832. The number of nitrogens with zero attached hydrogens (tertiary/aromatic N) is 1. The van der Waals surface area contributed by atoms with Crippen molar-refractivity contribution in [1.29, 1.82) is 0 Å². The van der Waals surface area contributed by atoms with E-state index in [9.17, 15) is 4.79 Å². The van der Waals surface area contributed by atoms with E-state index in [0.29, 0.717) is 0 Å². The molecular formula is C14H18BrNO. The van der Waals surface area contributed by atoms with E-state index in [2.05, 4.69) is 29.8 Å². The predicted molar refractivity (Wildman–Crippen MR) is 73.4 cm³/mol. The molecule has 0 N–H and O–H groups in total. The molecular weight excluding hydrogens is 278 g/mol. The number of rotatable bonds is 2. The minimum Gasteiger partial charge on any atom is -0.338 e. The predicted octanol–water partition coefficient (Wildman–Crippen LogP) is 3.45. The lowest BCUT2D eigenvalue weighted by Crippen LogP contribution is -2.30. The Balaban J connectivity index is 2.09. The average molecular weight is 296 g/mol. The van der Waals surface area contributed by atoms with Crippen LogP contribution in [-0.2, 0) is 5.33 Å². The maximum atomic E-state index is 12.2. The molecule has 2 nitrogen and oxygen atoms in total. The van der Waals surface area contributed by atoms with Crippen LogP contribution in [0.3, 0.4) is 0 Å². The molecule has 1 saturated heterocycles. The van der Waals surface area contributed by atoms with Crippen molar-refractivity contribution in [3.63, 3.8) is 0 Å². The van der Waals surface area contributed by atoms with Crippen molar-refractivity contribution in [3.05, 3.63) is 35.4 Å². The molecule has 2 rings (SSSR count). The van der Waals surface area contributed by atoms with Gasteiger partial charge in [-0.25, -0.2) is 0 Å². The number of hydrogen-bond acceptors (Lipinski definition) is 1. The molecule has 1 fully saturated rings. The highest BCUT2D eigenvalue weighted by Gasteiger charge is 2.32. The molecule has 1 aliphatic rings. The highest BCUT2D eigenvalue weighted by molar-refractivity contribution is 9.08. The van der Waals surface area contributed by atoms with Crippen LogP contribution in [-0.4, -0.2) is 23.9 Å². The summed E-state index contributed by atoms with van der Waals surface area (Å²) in [6.07, 6.45) is 1.10. The SMILES string of the molecule is CC1(C)CCN(C(=O)c2ccc(CBr)cc2)C1. The molecule has 1 heterocycles. The molecule has 1 aromatic carbocycles. The van der Waals surface area contributed by atoms with Crippen molar-refractivity contribution in [2.24, 2.45) is 5.41 Å². The third kappa shape index (κ3) is 2.89. The Hall–Kier alpha value is -0.830. The molecule has 1 amide bonds. The number of likely N-dealkylation sites (tertiary alicyclic amines) is 1. The number of benzene rings is 1. The number of carbonyl (C=O) groups excluding carboxylic acids is 1. The minimum atomic E-state index is 0.164. The van der Waals surface area contributed by atoms with E-state index in [1.807, 2.05) is 29.2 Å². The van der Waals surface area contributed by atoms with E-state index < -0.39 is 0 Å². The summed E-state index contributed by atoms with van der Waals surface area (Å²) in [5.74, 6) is 0.164. The number of hydrogen-bond donors (Lipinski definition) is 0. The quantitative estimate of drug-likeness (QED) is 0.765. The van der Waals surface area contributed by atoms with Crippen LogP contribution in [0.15, 0.2) is 24.3 Å². The fourth-order valence-electron chi connectivity index (χ4n) is 2.20. The third-order valence-electron chi connectivity index (χ3n) is 3.32. The fraction of sp³-hybridized carbons (Fsp3) is 0.500. The van der Waals surface area contributed by atoms with Gasteiger partial charge in [0.05, 0.1) is 0 Å². The van der Waals surface area contributed by atoms with Crippen molar-refractivity contribution >= 4 is 21.8 Å². The summed E-state index contributed by atoms with van der Waals surface area (Å²) >= 11 is 3.40. The second kappa shape index (κ2) is 4.81. The monoisotopic (exact) mass is 295 g/mol. The van der Waals surface area contributed by atoms with Crippen LogP contribution in [0.1, 0.15) is 36.2 Å². The Morgan fingerprint density at radius 3 is 2.47 bits per heavy atom. The van der Waals surface area contributed by atoms with Gasteiger partial charge in [-0.05, 0) is 29.5 Å². The van der Waals surface area contributed by atoms with Crippen LogP contribution in [0.2, 0.25) is 0 Å². The summed E-state index contributed by atoms with van der Waals surface area (Å²) in [6, 6.07) is 7.85. The maximum absolute atomic E-state index is 12.2. The van der Waals surface area contributed by atoms with Crippen molar-refractivity contribution in [1.82, 2.24) is 4.90 Å². The zero-order chi connectivity index (χ0) is 12.5. The van der Waals surface area contributed by atoms with E-state index in [0.717, 1.165) is 30.4 Å². The first kappa shape index (κ1) is 12.6. The lowest BCUT2D eigenvalue weighted by atomic mass is 9.93. The molecule has 1 aliphatic heterocycles. The van der Waals surface area contributed by atoms with Gasteiger partial charge >= 0.3 is 0 Å². The molecule has 1 aromatic rings. The van der Waals surface area contributed by atoms with Gasteiger partial charge in [0.15, 0.2) is 0 Å². The van der Waals surface area contributed by atoms with E-state index in [1.54, 1.807) is 0 Å². The van der Waals surface area contributed by atoms with Crippen LogP contribution in [0.5, 0.6) is 0 Å². The largest absolute Gasteiger partial charge is 0.338 e. The molecule has 0 radical (unpaired) electrons. The zero-order valence-corrected chi connectivity index (χ0v) is 12.0. The van der Waals surface area contributed by atoms with E-state index in [4.69, 9.17) is 0 Å². The molecule has 0 atom stereocenters. The summed E-state index contributed by atoms with van der Waals surface area (Å²) < 4.78 is 0. The van der Waals surface area contributed by atoms with E-state index in [-0.39, 0.29) is 11.3 Å². The van der Waals surface area contributed by atoms with Gasteiger partial charge in [0.2, 0.25) is 0 Å². The first-order chi connectivity index (χ1) is 8.02. The van der Waals surface area contributed by atoms with Crippen LogP contribution in [0.4, 0.5) is 0 Å². The first-order valence-corrected chi connectivity index (χ1v) is 7.08. The van der Waals surface area contributed by atoms with Crippen molar-refractivity contribution < 1.29 is 4.79 Å². The van der Waals surface area contributed by atoms with Gasteiger partial charge < -0.3 is 4.90 Å². The fourth-order valence-corrected chi connectivity index (χ4v) is 2.58. The number of amides is 1. The zero-order valence-electron chi connectivity index (χ0n) is 10.4. The summed E-state index contributed by atoms with van der Waals surface area (Å²) in [4.78, 5) is 14.2. The number of halogens is 1. The van der Waals surface area contributed by atoms with Gasteiger partial charge in [-0.2, -0.15) is 0 Å². The minimum absolute atomic E-state index is 0.164. The van der Waals surface area contributed by atoms with Gasteiger partial charge in [-0.15, -0.1) is 0 Å². The molecule has 3 heteroatoms. The lowest BCUT2D eigenvalue weighted by Gasteiger charge is -2.19.